The lowest BCUT2D eigenvalue weighted by molar-refractivity contribution is 0.132. The molecule has 80 valence electrons. The zero-order chi connectivity index (χ0) is 10.2. The number of aliphatic hydroxyl groups excluding tert-OH is 1. The van der Waals surface area contributed by atoms with Crippen molar-refractivity contribution in [3.05, 3.63) is 0 Å². The molecule has 1 fully saturated rings. The van der Waals surface area contributed by atoms with Gasteiger partial charge in [-0.25, -0.2) is 4.99 Å². The minimum Gasteiger partial charge on any atom is -0.478 e. The fourth-order valence-corrected chi connectivity index (χ4v) is 2.25. The van der Waals surface area contributed by atoms with E-state index in [0.717, 1.165) is 31.6 Å². The predicted molar refractivity (Wildman–Crippen MR) is 55.4 cm³/mol. The number of rotatable bonds is 2. The van der Waals surface area contributed by atoms with Crippen molar-refractivity contribution in [3.63, 3.8) is 0 Å². The first-order valence-electron chi connectivity index (χ1n) is 5.46. The van der Waals surface area contributed by atoms with Crippen molar-refractivity contribution in [1.82, 2.24) is 0 Å². The fraction of sp³-hybridized carbons (Fsp3) is 0.909. The third kappa shape index (κ3) is 2.08. The Hall–Kier alpha value is -0.570. The first kappa shape index (κ1) is 9.97. The molecule has 0 aromatic heterocycles. The molecular formula is C11H19NO2. The Bertz CT molecular complexity index is 248. The van der Waals surface area contributed by atoms with Crippen LogP contribution in [-0.2, 0) is 4.74 Å². The van der Waals surface area contributed by atoms with Gasteiger partial charge in [0.15, 0.2) is 5.90 Å². The number of aliphatic hydroxyl groups is 1. The van der Waals surface area contributed by atoms with Crippen molar-refractivity contribution in [2.75, 3.05) is 6.61 Å². The fourth-order valence-electron chi connectivity index (χ4n) is 2.25. The molecule has 0 spiro atoms. The summed E-state index contributed by atoms with van der Waals surface area (Å²) < 4.78 is 5.52. The minimum absolute atomic E-state index is 0.0567. The Morgan fingerprint density at radius 2 is 2.29 bits per heavy atom. The largest absolute Gasteiger partial charge is 0.478 e. The normalized spacial score (nSPS) is 35.5. The molecule has 0 aromatic rings. The first-order valence-corrected chi connectivity index (χ1v) is 5.46. The van der Waals surface area contributed by atoms with Crippen molar-refractivity contribution in [2.45, 2.75) is 51.2 Å². The summed E-state index contributed by atoms with van der Waals surface area (Å²) in [6.07, 6.45) is 3.89. The van der Waals surface area contributed by atoms with Crippen LogP contribution in [0.3, 0.4) is 0 Å². The molecule has 14 heavy (non-hydrogen) atoms. The van der Waals surface area contributed by atoms with Crippen molar-refractivity contribution < 1.29 is 9.84 Å². The third-order valence-corrected chi connectivity index (χ3v) is 3.08. The molecule has 0 amide bonds. The summed E-state index contributed by atoms with van der Waals surface area (Å²) in [5.74, 6) is 1.23. The number of hydrogen-bond acceptors (Lipinski definition) is 3. The van der Waals surface area contributed by atoms with Crippen LogP contribution in [0, 0.1) is 5.92 Å². The Morgan fingerprint density at radius 3 is 2.79 bits per heavy atom. The minimum atomic E-state index is -0.134. The van der Waals surface area contributed by atoms with E-state index < -0.39 is 0 Å². The van der Waals surface area contributed by atoms with Crippen molar-refractivity contribution in [2.24, 2.45) is 10.9 Å². The maximum atomic E-state index is 9.67. The average molecular weight is 197 g/mol. The summed E-state index contributed by atoms with van der Waals surface area (Å²) in [4.78, 5) is 4.50. The highest BCUT2D eigenvalue weighted by Gasteiger charge is 2.31. The van der Waals surface area contributed by atoms with Gasteiger partial charge in [0.25, 0.3) is 0 Å². The van der Waals surface area contributed by atoms with E-state index in [1.807, 2.05) is 0 Å². The third-order valence-electron chi connectivity index (χ3n) is 3.08. The number of aliphatic imine (C=N–C) groups is 1. The summed E-state index contributed by atoms with van der Waals surface area (Å²) >= 11 is 0. The molecule has 2 aliphatic rings. The van der Waals surface area contributed by atoms with Crippen LogP contribution in [-0.4, -0.2) is 29.3 Å². The van der Waals surface area contributed by atoms with Gasteiger partial charge in [0.1, 0.15) is 6.61 Å². The van der Waals surface area contributed by atoms with E-state index in [9.17, 15) is 5.11 Å². The average Bonchev–Trinajstić information content (AvgIpc) is 2.61. The van der Waals surface area contributed by atoms with Crippen molar-refractivity contribution in [3.8, 4) is 0 Å². The molecule has 1 heterocycles. The van der Waals surface area contributed by atoms with Gasteiger partial charge in [-0.05, 0) is 32.6 Å². The van der Waals surface area contributed by atoms with Gasteiger partial charge < -0.3 is 9.84 Å². The van der Waals surface area contributed by atoms with Crippen LogP contribution in [0.1, 0.15) is 39.5 Å². The second kappa shape index (κ2) is 3.54. The van der Waals surface area contributed by atoms with Crippen LogP contribution in [0.25, 0.3) is 0 Å². The zero-order valence-corrected chi connectivity index (χ0v) is 8.99. The maximum Gasteiger partial charge on any atom is 0.184 e. The quantitative estimate of drug-likeness (QED) is 0.732. The van der Waals surface area contributed by atoms with Crippen molar-refractivity contribution >= 4 is 5.90 Å². The molecule has 0 bridgehead atoms. The molecule has 1 aliphatic carbocycles. The molecule has 1 aliphatic heterocycles. The van der Waals surface area contributed by atoms with Crippen LogP contribution in [0.2, 0.25) is 0 Å². The summed E-state index contributed by atoms with van der Waals surface area (Å²) in [7, 11) is 0. The van der Waals surface area contributed by atoms with Crippen LogP contribution in [0.4, 0.5) is 0 Å². The lowest BCUT2D eigenvalue weighted by atomic mass is 10.0. The zero-order valence-electron chi connectivity index (χ0n) is 8.99. The van der Waals surface area contributed by atoms with Crippen LogP contribution in [0.15, 0.2) is 4.99 Å². The lowest BCUT2D eigenvalue weighted by Crippen LogP contribution is -2.17. The smallest absolute Gasteiger partial charge is 0.184 e. The standard InChI is InChI=1S/C11H19NO2/c1-11(2)7-14-10(12-11)6-8-4-3-5-9(8)13/h8-9,13H,3-7H2,1-2H3. The maximum absolute atomic E-state index is 9.67. The van der Waals surface area contributed by atoms with Crippen molar-refractivity contribution in [1.29, 1.82) is 0 Å². The second-order valence-electron chi connectivity index (χ2n) is 5.07. The number of hydrogen-bond donors (Lipinski definition) is 1. The van der Waals surface area contributed by atoms with E-state index in [0.29, 0.717) is 12.5 Å². The van der Waals surface area contributed by atoms with E-state index in [4.69, 9.17) is 4.74 Å². The van der Waals surface area contributed by atoms with Gasteiger partial charge in [-0.1, -0.05) is 6.42 Å². The number of ether oxygens (including phenoxy) is 1. The summed E-state index contributed by atoms with van der Waals surface area (Å²) in [6, 6.07) is 0. The van der Waals surface area contributed by atoms with Gasteiger partial charge >= 0.3 is 0 Å². The molecule has 1 saturated carbocycles. The van der Waals surface area contributed by atoms with Gasteiger partial charge in [0.2, 0.25) is 0 Å². The van der Waals surface area contributed by atoms with Gasteiger partial charge in [0.05, 0.1) is 11.6 Å². The van der Waals surface area contributed by atoms with E-state index >= 15 is 0 Å². The van der Waals surface area contributed by atoms with Gasteiger partial charge in [-0.3, -0.25) is 0 Å². The first-order chi connectivity index (χ1) is 6.57. The van der Waals surface area contributed by atoms with Crippen LogP contribution in [0.5, 0.6) is 0 Å². The number of nitrogens with zero attached hydrogens (tertiary/aromatic N) is 1. The molecule has 1 N–H and O–H groups in total. The molecule has 2 rings (SSSR count). The lowest BCUT2D eigenvalue weighted by Gasteiger charge is -2.13. The molecule has 0 aromatic carbocycles. The van der Waals surface area contributed by atoms with Gasteiger partial charge in [0, 0.05) is 6.42 Å². The highest BCUT2D eigenvalue weighted by Crippen LogP contribution is 2.30. The Balaban J connectivity index is 1.92. The van der Waals surface area contributed by atoms with E-state index in [1.54, 1.807) is 0 Å². The second-order valence-corrected chi connectivity index (χ2v) is 5.07. The Morgan fingerprint density at radius 1 is 1.50 bits per heavy atom. The van der Waals surface area contributed by atoms with Crippen LogP contribution >= 0.6 is 0 Å². The molecule has 3 nitrogen and oxygen atoms in total. The topological polar surface area (TPSA) is 41.8 Å². The van der Waals surface area contributed by atoms with E-state index in [-0.39, 0.29) is 11.6 Å². The van der Waals surface area contributed by atoms with Gasteiger partial charge in [-0.15, -0.1) is 0 Å². The van der Waals surface area contributed by atoms with E-state index in [1.165, 1.54) is 0 Å². The molecule has 2 atom stereocenters. The van der Waals surface area contributed by atoms with Crippen LogP contribution < -0.4 is 0 Å². The molecule has 0 saturated heterocycles. The van der Waals surface area contributed by atoms with E-state index in [2.05, 4.69) is 18.8 Å². The summed E-state index contributed by atoms with van der Waals surface area (Å²) in [5.41, 5.74) is -0.0567. The molecule has 2 unspecified atom stereocenters. The summed E-state index contributed by atoms with van der Waals surface area (Å²) in [6.45, 7) is 4.83. The molecular weight excluding hydrogens is 178 g/mol. The SMILES string of the molecule is CC1(C)COC(CC2CCCC2O)=N1. The Labute approximate surface area is 85.2 Å². The molecule has 3 heteroatoms. The predicted octanol–water partition coefficient (Wildman–Crippen LogP) is 1.74. The monoisotopic (exact) mass is 197 g/mol. The highest BCUT2D eigenvalue weighted by atomic mass is 16.5. The molecule has 0 radical (unpaired) electrons. The van der Waals surface area contributed by atoms with Gasteiger partial charge in [-0.2, -0.15) is 0 Å². The summed E-state index contributed by atoms with van der Waals surface area (Å²) in [5, 5.41) is 9.67. The highest BCUT2D eigenvalue weighted by molar-refractivity contribution is 5.78. The Kier molecular flexibility index (Phi) is 2.52.